The van der Waals surface area contributed by atoms with Crippen LogP contribution < -0.4 is 5.32 Å². The number of aliphatic carboxylic acids is 1. The summed E-state index contributed by atoms with van der Waals surface area (Å²) >= 11 is 0. The number of hydrogen-bond acceptors (Lipinski definition) is 3. The average molecular weight is 249 g/mol. The number of ketones is 1. The SMILES string of the molecule is CCCc1ccc(C(=O)C(CC(=O)O)NC)cc1. The first-order valence-electron chi connectivity index (χ1n) is 6.10. The van der Waals surface area contributed by atoms with Crippen molar-refractivity contribution in [2.24, 2.45) is 0 Å². The van der Waals surface area contributed by atoms with Gasteiger partial charge >= 0.3 is 5.97 Å². The van der Waals surface area contributed by atoms with Crippen LogP contribution in [-0.4, -0.2) is 29.9 Å². The molecule has 4 nitrogen and oxygen atoms in total. The van der Waals surface area contributed by atoms with E-state index in [2.05, 4.69) is 12.2 Å². The molecule has 4 heteroatoms. The van der Waals surface area contributed by atoms with Crippen molar-refractivity contribution in [1.82, 2.24) is 5.32 Å². The second-order valence-electron chi connectivity index (χ2n) is 4.25. The third-order valence-corrected chi connectivity index (χ3v) is 2.82. The van der Waals surface area contributed by atoms with E-state index in [1.165, 1.54) is 5.56 Å². The summed E-state index contributed by atoms with van der Waals surface area (Å²) in [6.07, 6.45) is 1.84. The molecule has 18 heavy (non-hydrogen) atoms. The van der Waals surface area contributed by atoms with Crippen LogP contribution in [0, 0.1) is 0 Å². The number of Topliss-reactive ketones (excluding diaryl/α,β-unsaturated/α-hetero) is 1. The van der Waals surface area contributed by atoms with Crippen LogP contribution in [0.15, 0.2) is 24.3 Å². The van der Waals surface area contributed by atoms with Crippen molar-refractivity contribution in [3.63, 3.8) is 0 Å². The van der Waals surface area contributed by atoms with E-state index < -0.39 is 12.0 Å². The van der Waals surface area contributed by atoms with Gasteiger partial charge in [0.2, 0.25) is 0 Å². The van der Waals surface area contributed by atoms with E-state index in [0.29, 0.717) is 5.56 Å². The van der Waals surface area contributed by atoms with Gasteiger partial charge in [-0.2, -0.15) is 0 Å². The smallest absolute Gasteiger partial charge is 0.305 e. The van der Waals surface area contributed by atoms with Gasteiger partial charge in [-0.1, -0.05) is 37.6 Å². The molecule has 1 unspecified atom stereocenters. The number of nitrogens with one attached hydrogen (secondary N) is 1. The minimum absolute atomic E-state index is 0.178. The fourth-order valence-corrected chi connectivity index (χ4v) is 1.83. The van der Waals surface area contributed by atoms with Gasteiger partial charge in [0, 0.05) is 5.56 Å². The Kier molecular flexibility index (Phi) is 5.52. The summed E-state index contributed by atoms with van der Waals surface area (Å²) < 4.78 is 0. The first-order chi connectivity index (χ1) is 8.58. The number of carboxylic acid groups (broad SMARTS) is 1. The topological polar surface area (TPSA) is 66.4 Å². The maximum absolute atomic E-state index is 12.1. The zero-order chi connectivity index (χ0) is 13.5. The molecule has 0 saturated heterocycles. The van der Waals surface area contributed by atoms with E-state index in [0.717, 1.165) is 12.8 Å². The first-order valence-corrected chi connectivity index (χ1v) is 6.10. The Balaban J connectivity index is 2.78. The molecule has 0 fully saturated rings. The summed E-state index contributed by atoms with van der Waals surface area (Å²) in [5.41, 5.74) is 1.74. The molecule has 0 heterocycles. The van der Waals surface area contributed by atoms with Crippen LogP contribution in [-0.2, 0) is 11.2 Å². The number of aryl methyl sites for hydroxylation is 1. The molecule has 0 aromatic heterocycles. The monoisotopic (exact) mass is 249 g/mol. The molecule has 0 spiro atoms. The summed E-state index contributed by atoms with van der Waals surface area (Å²) in [4.78, 5) is 22.7. The third-order valence-electron chi connectivity index (χ3n) is 2.82. The van der Waals surface area contributed by atoms with Gasteiger partial charge in [-0.15, -0.1) is 0 Å². The van der Waals surface area contributed by atoms with Crippen LogP contribution in [0.25, 0.3) is 0 Å². The van der Waals surface area contributed by atoms with Gasteiger partial charge in [-0.05, 0) is 19.0 Å². The van der Waals surface area contributed by atoms with E-state index in [1.807, 2.05) is 12.1 Å². The van der Waals surface area contributed by atoms with Crippen LogP contribution in [0.3, 0.4) is 0 Å². The van der Waals surface area contributed by atoms with E-state index in [-0.39, 0.29) is 12.2 Å². The second kappa shape index (κ2) is 6.91. The quantitative estimate of drug-likeness (QED) is 0.724. The summed E-state index contributed by atoms with van der Waals surface area (Å²) in [6.45, 7) is 2.10. The molecule has 1 aromatic rings. The highest BCUT2D eigenvalue weighted by Crippen LogP contribution is 2.10. The molecule has 0 aliphatic carbocycles. The summed E-state index contributed by atoms with van der Waals surface area (Å²) in [6, 6.07) is 6.70. The van der Waals surface area contributed by atoms with Crippen LogP contribution in [0.4, 0.5) is 0 Å². The molecule has 0 aliphatic heterocycles. The Morgan fingerprint density at radius 1 is 1.28 bits per heavy atom. The van der Waals surface area contributed by atoms with Crippen LogP contribution in [0.1, 0.15) is 35.7 Å². The maximum atomic E-state index is 12.1. The maximum Gasteiger partial charge on any atom is 0.305 e. The zero-order valence-corrected chi connectivity index (χ0v) is 10.8. The Labute approximate surface area is 107 Å². The van der Waals surface area contributed by atoms with Gasteiger partial charge < -0.3 is 10.4 Å². The molecule has 2 N–H and O–H groups in total. The van der Waals surface area contributed by atoms with Crippen molar-refractivity contribution < 1.29 is 14.7 Å². The molecular weight excluding hydrogens is 230 g/mol. The van der Waals surface area contributed by atoms with Crippen molar-refractivity contribution in [2.75, 3.05) is 7.05 Å². The fourth-order valence-electron chi connectivity index (χ4n) is 1.83. The normalized spacial score (nSPS) is 12.1. The molecule has 0 amide bonds. The van der Waals surface area contributed by atoms with Crippen molar-refractivity contribution >= 4 is 11.8 Å². The Hall–Kier alpha value is -1.68. The van der Waals surface area contributed by atoms with Crippen LogP contribution in [0.2, 0.25) is 0 Å². The van der Waals surface area contributed by atoms with Crippen molar-refractivity contribution in [2.45, 2.75) is 32.2 Å². The number of carboxylic acids is 1. The highest BCUT2D eigenvalue weighted by molar-refractivity contribution is 6.01. The predicted octanol–water partition coefficient (Wildman–Crippen LogP) is 1.88. The number of carbonyl (C=O) groups is 2. The lowest BCUT2D eigenvalue weighted by Crippen LogP contribution is -2.36. The zero-order valence-electron chi connectivity index (χ0n) is 10.8. The highest BCUT2D eigenvalue weighted by Gasteiger charge is 2.20. The second-order valence-corrected chi connectivity index (χ2v) is 4.25. The van der Waals surface area contributed by atoms with E-state index in [4.69, 9.17) is 5.11 Å². The summed E-state index contributed by atoms with van der Waals surface area (Å²) in [5, 5.41) is 11.5. The van der Waals surface area contributed by atoms with Gasteiger partial charge in [0.05, 0.1) is 12.5 Å². The first kappa shape index (κ1) is 14.4. The molecule has 1 aromatic carbocycles. The Bertz CT molecular complexity index is 412. The fraction of sp³-hybridized carbons (Fsp3) is 0.429. The van der Waals surface area contributed by atoms with Crippen LogP contribution >= 0.6 is 0 Å². The van der Waals surface area contributed by atoms with E-state index in [1.54, 1.807) is 19.2 Å². The lowest BCUT2D eigenvalue weighted by atomic mass is 9.99. The minimum atomic E-state index is -0.981. The number of benzene rings is 1. The van der Waals surface area contributed by atoms with Crippen molar-refractivity contribution in [3.05, 3.63) is 35.4 Å². The molecule has 98 valence electrons. The third kappa shape index (κ3) is 3.96. The molecular formula is C14H19NO3. The largest absolute Gasteiger partial charge is 0.481 e. The predicted molar refractivity (Wildman–Crippen MR) is 69.9 cm³/mol. The average Bonchev–Trinajstić information content (AvgIpc) is 2.36. The van der Waals surface area contributed by atoms with Gasteiger partial charge in [-0.25, -0.2) is 0 Å². The number of hydrogen-bond donors (Lipinski definition) is 2. The van der Waals surface area contributed by atoms with Gasteiger partial charge in [-0.3, -0.25) is 9.59 Å². The van der Waals surface area contributed by atoms with Gasteiger partial charge in [0.25, 0.3) is 0 Å². The number of likely N-dealkylation sites (N-methyl/N-ethyl adjacent to an activating group) is 1. The molecule has 0 saturated carbocycles. The Morgan fingerprint density at radius 2 is 1.89 bits per heavy atom. The standard InChI is InChI=1S/C14H19NO3/c1-3-4-10-5-7-11(8-6-10)14(18)12(15-2)9-13(16)17/h5-8,12,15H,3-4,9H2,1-2H3,(H,16,17). The summed E-state index contributed by atoms with van der Waals surface area (Å²) in [7, 11) is 1.59. The van der Waals surface area contributed by atoms with Crippen molar-refractivity contribution in [3.8, 4) is 0 Å². The van der Waals surface area contributed by atoms with Gasteiger partial charge in [0.1, 0.15) is 0 Å². The summed E-state index contributed by atoms with van der Waals surface area (Å²) in [5.74, 6) is -1.16. The molecule has 1 rings (SSSR count). The minimum Gasteiger partial charge on any atom is -0.481 e. The van der Waals surface area contributed by atoms with E-state index in [9.17, 15) is 9.59 Å². The number of rotatable bonds is 7. The lowest BCUT2D eigenvalue weighted by molar-refractivity contribution is -0.137. The van der Waals surface area contributed by atoms with Crippen molar-refractivity contribution in [1.29, 1.82) is 0 Å². The molecule has 0 radical (unpaired) electrons. The molecule has 0 aliphatic rings. The molecule has 1 atom stereocenters. The van der Waals surface area contributed by atoms with Gasteiger partial charge in [0.15, 0.2) is 5.78 Å². The van der Waals surface area contributed by atoms with Crippen LogP contribution in [0.5, 0.6) is 0 Å². The number of carbonyl (C=O) groups excluding carboxylic acids is 1. The van der Waals surface area contributed by atoms with E-state index >= 15 is 0 Å². The highest BCUT2D eigenvalue weighted by atomic mass is 16.4. The molecule has 0 bridgehead atoms. The Morgan fingerprint density at radius 3 is 2.33 bits per heavy atom. The lowest BCUT2D eigenvalue weighted by Gasteiger charge is -2.12.